The first-order valence-electron chi connectivity index (χ1n) is 5.61. The minimum atomic E-state index is -4.16. The summed E-state index contributed by atoms with van der Waals surface area (Å²) in [4.78, 5) is 3.35. The van der Waals surface area contributed by atoms with E-state index in [0.717, 1.165) is 23.7 Å². The number of nitrogens with zero attached hydrogens (tertiary/aromatic N) is 2. The van der Waals surface area contributed by atoms with E-state index in [1.54, 1.807) is 0 Å². The summed E-state index contributed by atoms with van der Waals surface area (Å²) in [5.74, 6) is -1.47. The van der Waals surface area contributed by atoms with Crippen LogP contribution in [0.15, 0.2) is 23.1 Å². The van der Waals surface area contributed by atoms with Crippen LogP contribution in [0.3, 0.4) is 0 Å². The van der Waals surface area contributed by atoms with Gasteiger partial charge in [0.2, 0.25) is 5.13 Å². The molecular formula is C11H11F2N3O2S2. The highest BCUT2D eigenvalue weighted by Gasteiger charge is 2.21. The second kappa shape index (κ2) is 5.41. The zero-order valence-corrected chi connectivity index (χ0v) is 12.2. The Balaban J connectivity index is 2.30. The van der Waals surface area contributed by atoms with Gasteiger partial charge >= 0.3 is 0 Å². The summed E-state index contributed by atoms with van der Waals surface area (Å²) in [6.45, 7) is 3.72. The molecule has 9 heteroatoms. The van der Waals surface area contributed by atoms with E-state index in [1.807, 2.05) is 13.8 Å². The van der Waals surface area contributed by atoms with Crippen LogP contribution in [-0.4, -0.2) is 17.8 Å². The Bertz CT molecular complexity index is 729. The number of hydrogen-bond acceptors (Lipinski definition) is 5. The normalized spacial score (nSPS) is 11.8. The summed E-state index contributed by atoms with van der Waals surface area (Å²) in [5, 5.41) is 0.0393. The number of hydrogen-bond donors (Lipinski definition) is 1. The van der Waals surface area contributed by atoms with Gasteiger partial charge in [-0.05, 0) is 12.1 Å². The van der Waals surface area contributed by atoms with Crippen molar-refractivity contribution >= 4 is 26.7 Å². The van der Waals surface area contributed by atoms with Crippen LogP contribution in [0, 0.1) is 11.6 Å². The molecule has 2 aromatic rings. The highest BCUT2D eigenvalue weighted by molar-refractivity contribution is 7.93. The summed E-state index contributed by atoms with van der Waals surface area (Å²) < 4.78 is 56.3. The maximum Gasteiger partial charge on any atom is 0.266 e. The quantitative estimate of drug-likeness (QED) is 0.940. The topological polar surface area (TPSA) is 72.0 Å². The molecule has 0 aliphatic carbocycles. The second-order valence-corrected chi connectivity index (χ2v) is 6.70. The molecular weight excluding hydrogens is 308 g/mol. The van der Waals surface area contributed by atoms with Gasteiger partial charge in [0.05, 0.1) is 0 Å². The predicted molar refractivity (Wildman–Crippen MR) is 71.2 cm³/mol. The van der Waals surface area contributed by atoms with Crippen molar-refractivity contribution in [1.82, 2.24) is 9.36 Å². The van der Waals surface area contributed by atoms with Gasteiger partial charge in [-0.15, -0.1) is 0 Å². The van der Waals surface area contributed by atoms with Gasteiger partial charge in [0.15, 0.2) is 0 Å². The first-order valence-corrected chi connectivity index (χ1v) is 7.87. The zero-order chi connectivity index (χ0) is 14.9. The third-order valence-corrected chi connectivity index (χ3v) is 4.51. The number of rotatable bonds is 4. The molecule has 0 amide bonds. The minimum absolute atomic E-state index is 0.0393. The zero-order valence-electron chi connectivity index (χ0n) is 10.6. The van der Waals surface area contributed by atoms with Crippen molar-refractivity contribution in [3.05, 3.63) is 35.7 Å². The predicted octanol–water partition coefficient (Wildman–Crippen LogP) is 2.74. The standard InChI is InChI=1S/C11H11F2N3O2S2/c1-6(2)10-14-11(19-15-10)16-20(17,18)9-4-3-7(12)5-8(9)13/h3-6H,1-2H3,(H,14,15,16). The van der Waals surface area contributed by atoms with Gasteiger partial charge in [0, 0.05) is 23.5 Å². The van der Waals surface area contributed by atoms with Crippen molar-refractivity contribution in [2.75, 3.05) is 4.72 Å². The third kappa shape index (κ3) is 3.10. The molecule has 0 saturated heterocycles. The Labute approximate surface area is 118 Å². The van der Waals surface area contributed by atoms with Gasteiger partial charge in [-0.3, -0.25) is 4.72 Å². The summed E-state index contributed by atoms with van der Waals surface area (Å²) >= 11 is 0.861. The fourth-order valence-corrected chi connectivity index (χ4v) is 3.37. The third-order valence-electron chi connectivity index (χ3n) is 2.36. The number of anilines is 1. The first kappa shape index (κ1) is 14.8. The molecule has 2 rings (SSSR count). The van der Waals surface area contributed by atoms with Gasteiger partial charge in [-0.1, -0.05) is 13.8 Å². The monoisotopic (exact) mass is 319 g/mol. The lowest BCUT2D eigenvalue weighted by Crippen LogP contribution is -2.14. The maximum atomic E-state index is 13.5. The molecule has 0 fully saturated rings. The lowest BCUT2D eigenvalue weighted by Gasteiger charge is -2.05. The van der Waals surface area contributed by atoms with Crippen molar-refractivity contribution in [2.45, 2.75) is 24.7 Å². The van der Waals surface area contributed by atoms with Crippen LogP contribution in [0.5, 0.6) is 0 Å². The van der Waals surface area contributed by atoms with E-state index in [-0.39, 0.29) is 11.0 Å². The minimum Gasteiger partial charge on any atom is -0.253 e. The highest BCUT2D eigenvalue weighted by Crippen LogP contribution is 2.22. The van der Waals surface area contributed by atoms with Gasteiger partial charge < -0.3 is 0 Å². The van der Waals surface area contributed by atoms with Crippen molar-refractivity contribution < 1.29 is 17.2 Å². The largest absolute Gasteiger partial charge is 0.266 e. The average molecular weight is 319 g/mol. The second-order valence-electron chi connectivity index (χ2n) is 4.29. The Hall–Kier alpha value is -1.61. The molecule has 0 aliphatic heterocycles. The molecule has 0 unspecified atom stereocenters. The van der Waals surface area contributed by atoms with E-state index in [0.29, 0.717) is 11.9 Å². The van der Waals surface area contributed by atoms with Crippen LogP contribution in [0.1, 0.15) is 25.6 Å². The van der Waals surface area contributed by atoms with Crippen LogP contribution in [0.25, 0.3) is 0 Å². The van der Waals surface area contributed by atoms with Crippen molar-refractivity contribution in [1.29, 1.82) is 0 Å². The Kier molecular flexibility index (Phi) is 4.00. The maximum absolute atomic E-state index is 13.5. The lowest BCUT2D eigenvalue weighted by atomic mass is 10.2. The number of sulfonamides is 1. The molecule has 0 atom stereocenters. The van der Waals surface area contributed by atoms with Crippen LogP contribution >= 0.6 is 11.5 Å². The lowest BCUT2D eigenvalue weighted by molar-refractivity contribution is 0.551. The summed E-state index contributed by atoms with van der Waals surface area (Å²) in [7, 11) is -4.16. The van der Waals surface area contributed by atoms with Gasteiger partial charge in [-0.2, -0.15) is 4.37 Å². The van der Waals surface area contributed by atoms with Crippen LogP contribution in [0.2, 0.25) is 0 Å². The smallest absolute Gasteiger partial charge is 0.253 e. The summed E-state index contributed by atoms with van der Waals surface area (Å²) in [6, 6.07) is 2.24. The van der Waals surface area contributed by atoms with Crippen LogP contribution in [0.4, 0.5) is 13.9 Å². The van der Waals surface area contributed by atoms with Crippen LogP contribution in [-0.2, 0) is 10.0 Å². The Morgan fingerprint density at radius 2 is 2.00 bits per heavy atom. The number of aromatic nitrogens is 2. The summed E-state index contributed by atoms with van der Waals surface area (Å²) in [5.41, 5.74) is 0. The molecule has 108 valence electrons. The molecule has 0 saturated carbocycles. The molecule has 0 bridgehead atoms. The van der Waals surface area contributed by atoms with E-state index in [1.165, 1.54) is 0 Å². The van der Waals surface area contributed by atoms with E-state index < -0.39 is 26.6 Å². The number of halogens is 2. The molecule has 1 N–H and O–H groups in total. The van der Waals surface area contributed by atoms with E-state index >= 15 is 0 Å². The van der Waals surface area contributed by atoms with E-state index in [2.05, 4.69) is 14.1 Å². The first-order chi connectivity index (χ1) is 9.29. The molecule has 1 heterocycles. The molecule has 1 aromatic heterocycles. The number of benzene rings is 1. The molecule has 1 aromatic carbocycles. The van der Waals surface area contributed by atoms with E-state index in [9.17, 15) is 17.2 Å². The Morgan fingerprint density at radius 3 is 2.55 bits per heavy atom. The van der Waals surface area contributed by atoms with Gasteiger partial charge in [0.1, 0.15) is 22.4 Å². The number of nitrogens with one attached hydrogen (secondary N) is 1. The highest BCUT2D eigenvalue weighted by atomic mass is 32.2. The van der Waals surface area contributed by atoms with Gasteiger partial charge in [0.25, 0.3) is 10.0 Å². The summed E-state index contributed by atoms with van der Waals surface area (Å²) in [6.07, 6.45) is 0. The van der Waals surface area contributed by atoms with Crippen molar-refractivity contribution in [3.8, 4) is 0 Å². The van der Waals surface area contributed by atoms with E-state index in [4.69, 9.17) is 0 Å². The molecule has 0 radical (unpaired) electrons. The molecule has 20 heavy (non-hydrogen) atoms. The SMILES string of the molecule is CC(C)c1nsc(NS(=O)(=O)c2ccc(F)cc2F)n1. The Morgan fingerprint density at radius 1 is 1.30 bits per heavy atom. The average Bonchev–Trinajstić information content (AvgIpc) is 2.76. The fraction of sp³-hybridized carbons (Fsp3) is 0.273. The van der Waals surface area contributed by atoms with Crippen molar-refractivity contribution in [2.24, 2.45) is 0 Å². The van der Waals surface area contributed by atoms with Crippen LogP contribution < -0.4 is 4.72 Å². The van der Waals surface area contributed by atoms with Crippen molar-refractivity contribution in [3.63, 3.8) is 0 Å². The fourth-order valence-electron chi connectivity index (χ4n) is 1.37. The van der Waals surface area contributed by atoms with Gasteiger partial charge in [-0.25, -0.2) is 22.2 Å². The molecule has 0 spiro atoms. The molecule has 0 aliphatic rings. The molecule has 5 nitrogen and oxygen atoms in total.